The molecule has 0 aromatic rings. The van der Waals surface area contributed by atoms with Crippen molar-refractivity contribution in [1.29, 1.82) is 0 Å². The molecule has 1 heterocycles. The van der Waals surface area contributed by atoms with Crippen LogP contribution in [0.15, 0.2) is 24.3 Å². The Morgan fingerprint density at radius 1 is 1.16 bits per heavy atom. The molecule has 1 aliphatic heterocycles. The monoisotopic (exact) mass is 440 g/mol. The molecule has 0 bridgehead atoms. The number of aliphatic hydroxyl groups excluding tert-OH is 1. The van der Waals surface area contributed by atoms with Crippen molar-refractivity contribution >= 4 is 5.78 Å². The summed E-state index contributed by atoms with van der Waals surface area (Å²) in [5, 5.41) is 10.8. The fourth-order valence-electron chi connectivity index (χ4n) is 9.37. The maximum atomic E-state index is 13.3. The van der Waals surface area contributed by atoms with E-state index in [-0.39, 0.29) is 11.9 Å². The van der Waals surface area contributed by atoms with E-state index in [0.717, 1.165) is 18.8 Å². The Morgan fingerprint density at radius 2 is 1.91 bits per heavy atom. The van der Waals surface area contributed by atoms with Gasteiger partial charge in [-0.1, -0.05) is 46.8 Å². The Labute approximate surface area is 195 Å². The van der Waals surface area contributed by atoms with E-state index in [1.165, 1.54) is 25.7 Å². The van der Waals surface area contributed by atoms with Crippen LogP contribution < -0.4 is 0 Å². The zero-order valence-corrected chi connectivity index (χ0v) is 21.0. The molecule has 5 rings (SSSR count). The van der Waals surface area contributed by atoms with Crippen molar-refractivity contribution in [3.05, 3.63) is 24.3 Å². The predicted molar refractivity (Wildman–Crippen MR) is 128 cm³/mol. The van der Waals surface area contributed by atoms with Crippen LogP contribution in [-0.2, 0) is 9.53 Å². The van der Waals surface area contributed by atoms with Gasteiger partial charge in [0.15, 0.2) is 5.78 Å². The zero-order chi connectivity index (χ0) is 23.1. The van der Waals surface area contributed by atoms with Gasteiger partial charge in [-0.3, -0.25) is 4.79 Å². The number of epoxide rings is 1. The second-order valence-electron chi connectivity index (χ2n) is 12.7. The largest absolute Gasteiger partial charge is 0.386 e. The van der Waals surface area contributed by atoms with Gasteiger partial charge < -0.3 is 9.84 Å². The van der Waals surface area contributed by atoms with E-state index in [2.05, 4.69) is 53.7 Å². The lowest BCUT2D eigenvalue weighted by atomic mass is 9.44. The minimum atomic E-state index is -0.645. The molecule has 1 spiro atoms. The number of fused-ring (bicyclic) bond motifs is 4. The van der Waals surface area contributed by atoms with Gasteiger partial charge in [-0.15, -0.1) is 0 Å². The van der Waals surface area contributed by atoms with Crippen molar-refractivity contribution < 1.29 is 14.6 Å². The Kier molecular flexibility index (Phi) is 5.38. The molecule has 4 fully saturated rings. The maximum absolute atomic E-state index is 13.3. The van der Waals surface area contributed by atoms with Crippen LogP contribution in [0.3, 0.4) is 0 Å². The summed E-state index contributed by atoms with van der Waals surface area (Å²) < 4.78 is 6.27. The van der Waals surface area contributed by atoms with Crippen LogP contribution in [0, 0.1) is 52.3 Å². The average molecular weight is 441 g/mol. The lowest BCUT2D eigenvalue weighted by molar-refractivity contribution is -0.150. The summed E-state index contributed by atoms with van der Waals surface area (Å²) in [7, 11) is 0. The van der Waals surface area contributed by atoms with Gasteiger partial charge in [-0.05, 0) is 104 Å². The molecule has 178 valence electrons. The maximum Gasteiger partial charge on any atom is 0.164 e. The molecular weight excluding hydrogens is 396 g/mol. The highest BCUT2D eigenvalue weighted by molar-refractivity contribution is 5.98. The number of allylic oxidation sites excluding steroid dienone is 3. The third kappa shape index (κ3) is 2.82. The van der Waals surface area contributed by atoms with Gasteiger partial charge in [0, 0.05) is 0 Å². The van der Waals surface area contributed by atoms with Gasteiger partial charge in [-0.2, -0.15) is 0 Å². The molecule has 0 aromatic carbocycles. The number of hydrogen-bond donors (Lipinski definition) is 1. The summed E-state index contributed by atoms with van der Waals surface area (Å²) in [5.74, 6) is 4.44. The van der Waals surface area contributed by atoms with E-state index in [0.29, 0.717) is 40.9 Å². The number of carbonyl (C=O) groups excluding carboxylic acids is 1. The standard InChI is InChI=1S/C29H44O3/c1-7-19(17(2)3)9-8-18(4)21-10-11-22-20-16-26-29(32-26)25(31)13-12-24(30)28(29,6)23(20)14-15-27(21,22)5/h8-9,12-13,17-23,25-26,31H,7,10-11,14-16H2,1-6H3/b9-8+/t18-,19-,20+,21-,22+,23+,25+,26-,27-,28+,29-/m1/s1. The summed E-state index contributed by atoms with van der Waals surface area (Å²) >= 11 is 0. The van der Waals surface area contributed by atoms with Gasteiger partial charge in [0.2, 0.25) is 0 Å². The summed E-state index contributed by atoms with van der Waals surface area (Å²) in [4.78, 5) is 13.3. The average Bonchev–Trinajstić information content (AvgIpc) is 3.38. The molecule has 0 aromatic heterocycles. The van der Waals surface area contributed by atoms with Crippen molar-refractivity contribution in [3.8, 4) is 0 Å². The fraction of sp³-hybridized carbons (Fsp3) is 0.828. The third-order valence-electron chi connectivity index (χ3n) is 11.3. The van der Waals surface area contributed by atoms with E-state index >= 15 is 0 Å². The molecule has 3 nitrogen and oxygen atoms in total. The second kappa shape index (κ2) is 7.54. The van der Waals surface area contributed by atoms with Crippen molar-refractivity contribution in [2.45, 2.75) is 97.9 Å². The van der Waals surface area contributed by atoms with Crippen LogP contribution in [0.5, 0.6) is 0 Å². The molecule has 3 saturated carbocycles. The minimum absolute atomic E-state index is 0.0488. The first-order valence-electron chi connectivity index (χ1n) is 13.4. The third-order valence-corrected chi connectivity index (χ3v) is 11.3. The first kappa shape index (κ1) is 22.8. The number of ether oxygens (including phenoxy) is 1. The number of hydrogen-bond acceptors (Lipinski definition) is 3. The molecule has 4 aliphatic carbocycles. The Morgan fingerprint density at radius 3 is 2.59 bits per heavy atom. The van der Waals surface area contributed by atoms with E-state index in [1.54, 1.807) is 12.2 Å². The van der Waals surface area contributed by atoms with Crippen molar-refractivity contribution in [2.24, 2.45) is 52.3 Å². The highest BCUT2D eigenvalue weighted by Crippen LogP contribution is 2.73. The lowest BCUT2D eigenvalue weighted by Crippen LogP contribution is -2.63. The molecule has 0 radical (unpaired) electrons. The predicted octanol–water partition coefficient (Wildman–Crippen LogP) is 5.97. The first-order valence-corrected chi connectivity index (χ1v) is 13.4. The Hall–Kier alpha value is -0.930. The number of rotatable bonds is 5. The second-order valence-corrected chi connectivity index (χ2v) is 12.7. The number of carbonyl (C=O) groups is 1. The minimum Gasteiger partial charge on any atom is -0.386 e. The van der Waals surface area contributed by atoms with Crippen LogP contribution in [0.2, 0.25) is 0 Å². The van der Waals surface area contributed by atoms with Crippen molar-refractivity contribution in [2.75, 3.05) is 0 Å². The van der Waals surface area contributed by atoms with Crippen LogP contribution >= 0.6 is 0 Å². The van der Waals surface area contributed by atoms with Gasteiger partial charge in [-0.25, -0.2) is 0 Å². The quantitative estimate of drug-likeness (QED) is 0.423. The lowest BCUT2D eigenvalue weighted by Gasteiger charge is -2.58. The van der Waals surface area contributed by atoms with Crippen LogP contribution in [-0.4, -0.2) is 28.7 Å². The number of ketones is 1. The van der Waals surface area contributed by atoms with Gasteiger partial charge in [0.1, 0.15) is 11.7 Å². The SMILES string of the molecule is CC[C@H](/C=C/[C@@H](C)[C@H]1CC[C@H]2[C@@H]3C[C@H]4O[C@]45[C@@H](O)C=CC(=O)[C@]5(C)[C@H]3CC[C@]12C)C(C)C. The van der Waals surface area contributed by atoms with Crippen LogP contribution in [0.4, 0.5) is 0 Å². The number of aliphatic hydroxyl groups is 1. The normalized spacial score (nSPS) is 51.2. The van der Waals surface area contributed by atoms with E-state index in [4.69, 9.17) is 4.74 Å². The van der Waals surface area contributed by atoms with E-state index in [9.17, 15) is 9.90 Å². The summed E-state index contributed by atoms with van der Waals surface area (Å²) in [6.07, 6.45) is 14.9. The van der Waals surface area contributed by atoms with Crippen molar-refractivity contribution in [3.63, 3.8) is 0 Å². The molecule has 5 aliphatic rings. The zero-order valence-electron chi connectivity index (χ0n) is 21.0. The molecule has 0 unspecified atom stereocenters. The van der Waals surface area contributed by atoms with E-state index < -0.39 is 17.1 Å². The van der Waals surface area contributed by atoms with Crippen molar-refractivity contribution in [1.82, 2.24) is 0 Å². The summed E-state index contributed by atoms with van der Waals surface area (Å²) in [6, 6.07) is 0. The smallest absolute Gasteiger partial charge is 0.164 e. The van der Waals surface area contributed by atoms with Gasteiger partial charge in [0.05, 0.1) is 11.5 Å². The summed E-state index contributed by atoms with van der Waals surface area (Å²) in [5.41, 5.74) is -0.860. The molecule has 32 heavy (non-hydrogen) atoms. The Bertz CT molecular complexity index is 828. The van der Waals surface area contributed by atoms with E-state index in [1.807, 2.05) is 0 Å². The van der Waals surface area contributed by atoms with Crippen LogP contribution in [0.1, 0.15) is 80.1 Å². The molecule has 1 N–H and O–H groups in total. The highest BCUT2D eigenvalue weighted by atomic mass is 16.6. The van der Waals surface area contributed by atoms with Gasteiger partial charge in [0.25, 0.3) is 0 Å². The fourth-order valence-corrected chi connectivity index (χ4v) is 9.37. The molecule has 3 heteroatoms. The molecule has 1 saturated heterocycles. The molecule has 0 amide bonds. The molecule has 11 atom stereocenters. The summed E-state index contributed by atoms with van der Waals surface area (Å²) in [6.45, 7) is 14.1. The van der Waals surface area contributed by atoms with Gasteiger partial charge >= 0.3 is 0 Å². The topological polar surface area (TPSA) is 49.8 Å². The Balaban J connectivity index is 1.39. The molecular formula is C29H44O3. The first-order chi connectivity index (χ1) is 15.1. The van der Waals surface area contributed by atoms with Crippen LogP contribution in [0.25, 0.3) is 0 Å². The highest BCUT2D eigenvalue weighted by Gasteiger charge is 2.80.